The molecule has 1 aromatic carbocycles. The van der Waals surface area contributed by atoms with E-state index in [9.17, 15) is 4.79 Å². The molecule has 118 valence electrons. The van der Waals surface area contributed by atoms with Crippen LogP contribution in [-0.4, -0.2) is 16.1 Å². The Labute approximate surface area is 156 Å². The topological polar surface area (TPSA) is 34.9 Å². The first kappa shape index (κ1) is 16.7. The third-order valence-electron chi connectivity index (χ3n) is 3.42. The first-order valence-corrected chi connectivity index (χ1v) is 9.20. The molecule has 3 aromatic rings. The molecule has 2 heterocycles. The molecule has 0 saturated heterocycles. The predicted octanol–water partition coefficient (Wildman–Crippen LogP) is 6.05. The molecule has 2 aromatic heterocycles. The normalized spacial score (nSPS) is 11.0. The number of carbonyl (C=O) groups excluding carboxylic acids is 1. The Morgan fingerprint density at radius 3 is 2.65 bits per heavy atom. The molecule has 7 heteroatoms. The van der Waals surface area contributed by atoms with Crippen LogP contribution in [0.2, 0.25) is 10.0 Å². The Kier molecular flexibility index (Phi) is 4.92. The second kappa shape index (κ2) is 6.77. The number of hydrogen-bond donors (Lipinski definition) is 0. The number of benzene rings is 1. The van der Waals surface area contributed by atoms with Crippen molar-refractivity contribution in [3.63, 3.8) is 0 Å². The third-order valence-corrected chi connectivity index (χ3v) is 5.59. The van der Waals surface area contributed by atoms with Crippen LogP contribution in [0.15, 0.2) is 34.1 Å². The molecule has 0 aliphatic heterocycles. The lowest BCUT2D eigenvalue weighted by molar-refractivity contribution is 0.111. The van der Waals surface area contributed by atoms with E-state index >= 15 is 0 Å². The number of aromatic nitrogens is 2. The molecule has 23 heavy (non-hydrogen) atoms. The van der Waals surface area contributed by atoms with Gasteiger partial charge in [0.1, 0.15) is 5.69 Å². The van der Waals surface area contributed by atoms with Crippen LogP contribution in [0.1, 0.15) is 23.0 Å². The zero-order valence-electron chi connectivity index (χ0n) is 12.0. The number of carbonyl (C=O) groups is 1. The molecule has 0 amide bonds. The lowest BCUT2D eigenvalue weighted by Gasteiger charge is -2.09. The fourth-order valence-corrected chi connectivity index (χ4v) is 4.36. The van der Waals surface area contributed by atoms with Crippen molar-refractivity contribution in [3.8, 4) is 16.3 Å². The molecule has 0 unspecified atom stereocenters. The van der Waals surface area contributed by atoms with Gasteiger partial charge in [-0.05, 0) is 52.7 Å². The standard InChI is InChI=1S/C16H11BrCl2N2OS/c1-2-10-12(8-22)20-21(13-4-3-9(18)7-11(13)19)16(10)14-5-6-15(17)23-14/h3-8H,2H2,1H3. The highest BCUT2D eigenvalue weighted by Gasteiger charge is 2.21. The number of nitrogens with zero attached hydrogens (tertiary/aromatic N) is 2. The summed E-state index contributed by atoms with van der Waals surface area (Å²) >= 11 is 17.4. The van der Waals surface area contributed by atoms with Crippen molar-refractivity contribution in [2.75, 3.05) is 0 Å². The van der Waals surface area contributed by atoms with Gasteiger partial charge in [-0.3, -0.25) is 4.79 Å². The van der Waals surface area contributed by atoms with Crippen molar-refractivity contribution >= 4 is 56.8 Å². The highest BCUT2D eigenvalue weighted by atomic mass is 79.9. The molecular weight excluding hydrogens is 419 g/mol. The number of rotatable bonds is 4. The molecule has 0 bridgehead atoms. The van der Waals surface area contributed by atoms with Gasteiger partial charge < -0.3 is 0 Å². The molecule has 0 spiro atoms. The summed E-state index contributed by atoms with van der Waals surface area (Å²) in [5, 5.41) is 5.49. The van der Waals surface area contributed by atoms with Crippen LogP contribution < -0.4 is 0 Å². The summed E-state index contributed by atoms with van der Waals surface area (Å²) in [6.45, 7) is 2.00. The summed E-state index contributed by atoms with van der Waals surface area (Å²) in [5.41, 5.74) is 2.91. The lowest BCUT2D eigenvalue weighted by atomic mass is 10.1. The van der Waals surface area contributed by atoms with E-state index in [-0.39, 0.29) is 0 Å². The van der Waals surface area contributed by atoms with Gasteiger partial charge in [0, 0.05) is 10.6 Å². The van der Waals surface area contributed by atoms with E-state index in [2.05, 4.69) is 21.0 Å². The maximum atomic E-state index is 11.4. The van der Waals surface area contributed by atoms with E-state index in [1.165, 1.54) is 0 Å². The van der Waals surface area contributed by atoms with Gasteiger partial charge in [-0.1, -0.05) is 30.1 Å². The Hall–Kier alpha value is -1.14. The van der Waals surface area contributed by atoms with Gasteiger partial charge in [0.05, 0.1) is 25.1 Å². The van der Waals surface area contributed by atoms with E-state index in [0.717, 1.165) is 26.2 Å². The van der Waals surface area contributed by atoms with Crippen molar-refractivity contribution in [2.24, 2.45) is 0 Å². The van der Waals surface area contributed by atoms with Crippen molar-refractivity contribution in [3.05, 3.63) is 55.4 Å². The van der Waals surface area contributed by atoms with Crippen molar-refractivity contribution in [1.29, 1.82) is 0 Å². The van der Waals surface area contributed by atoms with E-state index in [0.29, 0.717) is 27.8 Å². The monoisotopic (exact) mass is 428 g/mol. The van der Waals surface area contributed by atoms with Crippen LogP contribution in [-0.2, 0) is 6.42 Å². The number of aldehydes is 1. The first-order chi connectivity index (χ1) is 11.0. The van der Waals surface area contributed by atoms with Gasteiger partial charge in [0.25, 0.3) is 0 Å². The quantitative estimate of drug-likeness (QED) is 0.473. The average Bonchev–Trinajstić information content (AvgIpc) is 3.10. The maximum absolute atomic E-state index is 11.4. The van der Waals surface area contributed by atoms with Crippen LogP contribution in [0, 0.1) is 0 Å². The largest absolute Gasteiger partial charge is 0.296 e. The van der Waals surface area contributed by atoms with Gasteiger partial charge in [0.2, 0.25) is 0 Å². The molecule has 0 aliphatic carbocycles. The van der Waals surface area contributed by atoms with E-state index < -0.39 is 0 Å². The van der Waals surface area contributed by atoms with Gasteiger partial charge in [-0.25, -0.2) is 4.68 Å². The van der Waals surface area contributed by atoms with E-state index in [1.807, 2.05) is 19.1 Å². The molecule has 0 aliphatic rings. The lowest BCUT2D eigenvalue weighted by Crippen LogP contribution is -2.00. The number of thiophene rings is 1. The highest BCUT2D eigenvalue weighted by molar-refractivity contribution is 9.11. The molecule has 3 rings (SSSR count). The summed E-state index contributed by atoms with van der Waals surface area (Å²) in [7, 11) is 0. The summed E-state index contributed by atoms with van der Waals surface area (Å²) in [4.78, 5) is 12.4. The summed E-state index contributed by atoms with van der Waals surface area (Å²) in [5.74, 6) is 0. The zero-order valence-corrected chi connectivity index (χ0v) is 15.9. The van der Waals surface area contributed by atoms with Crippen LogP contribution >= 0.6 is 50.5 Å². The SMILES string of the molecule is CCc1c(C=O)nn(-c2ccc(Cl)cc2Cl)c1-c1ccc(Br)s1. The number of halogens is 3. The molecule has 0 saturated carbocycles. The molecule has 0 N–H and O–H groups in total. The first-order valence-electron chi connectivity index (χ1n) is 6.83. The minimum Gasteiger partial charge on any atom is -0.296 e. The van der Waals surface area contributed by atoms with Gasteiger partial charge in [-0.15, -0.1) is 11.3 Å². The molecule has 3 nitrogen and oxygen atoms in total. The Morgan fingerprint density at radius 1 is 1.30 bits per heavy atom. The Morgan fingerprint density at radius 2 is 2.09 bits per heavy atom. The average molecular weight is 430 g/mol. The predicted molar refractivity (Wildman–Crippen MR) is 99.4 cm³/mol. The molecular formula is C16H11BrCl2N2OS. The summed E-state index contributed by atoms with van der Waals surface area (Å²) in [6, 6.07) is 9.20. The zero-order chi connectivity index (χ0) is 16.6. The van der Waals surface area contributed by atoms with Crippen LogP contribution in [0.3, 0.4) is 0 Å². The fraction of sp³-hybridized carbons (Fsp3) is 0.125. The summed E-state index contributed by atoms with van der Waals surface area (Å²) < 4.78 is 2.73. The molecule has 0 fully saturated rings. The second-order valence-corrected chi connectivity index (χ2v) is 8.10. The van der Waals surface area contributed by atoms with Crippen molar-refractivity contribution in [2.45, 2.75) is 13.3 Å². The van der Waals surface area contributed by atoms with E-state index in [4.69, 9.17) is 23.2 Å². The van der Waals surface area contributed by atoms with Gasteiger partial charge in [0.15, 0.2) is 6.29 Å². The van der Waals surface area contributed by atoms with Gasteiger partial charge in [-0.2, -0.15) is 5.10 Å². The minimum absolute atomic E-state index is 0.429. The Balaban J connectivity index is 2.31. The molecule has 0 radical (unpaired) electrons. The molecule has 0 atom stereocenters. The van der Waals surface area contributed by atoms with Crippen LogP contribution in [0.4, 0.5) is 0 Å². The second-order valence-electron chi connectivity index (χ2n) is 4.80. The minimum atomic E-state index is 0.429. The van der Waals surface area contributed by atoms with Crippen LogP contribution in [0.5, 0.6) is 0 Å². The summed E-state index contributed by atoms with van der Waals surface area (Å²) in [6.07, 6.45) is 1.48. The Bertz CT molecular complexity index is 888. The highest BCUT2D eigenvalue weighted by Crippen LogP contribution is 2.37. The third kappa shape index (κ3) is 3.11. The van der Waals surface area contributed by atoms with Crippen molar-refractivity contribution < 1.29 is 4.79 Å². The number of hydrogen-bond acceptors (Lipinski definition) is 3. The fourth-order valence-electron chi connectivity index (χ4n) is 2.43. The maximum Gasteiger partial charge on any atom is 0.170 e. The smallest absolute Gasteiger partial charge is 0.170 e. The van der Waals surface area contributed by atoms with Gasteiger partial charge >= 0.3 is 0 Å². The van der Waals surface area contributed by atoms with Crippen LogP contribution in [0.25, 0.3) is 16.3 Å². The van der Waals surface area contributed by atoms with Crippen molar-refractivity contribution in [1.82, 2.24) is 9.78 Å². The van der Waals surface area contributed by atoms with E-state index in [1.54, 1.807) is 34.2 Å².